The average Bonchev–Trinajstić information content (AvgIpc) is 2.74. The van der Waals surface area contributed by atoms with E-state index in [4.69, 9.17) is 0 Å². The zero-order valence-corrected chi connectivity index (χ0v) is 23.2. The molecule has 0 bridgehead atoms. The molecule has 3 rings (SSSR count). The lowest BCUT2D eigenvalue weighted by Gasteiger charge is -2.34. The van der Waals surface area contributed by atoms with Gasteiger partial charge in [0.25, 0.3) is 0 Å². The van der Waals surface area contributed by atoms with Crippen LogP contribution in [0.4, 0.5) is 0 Å². The topological polar surface area (TPSA) is 0 Å². The molecule has 3 aromatic rings. The zero-order valence-electron chi connectivity index (χ0n) is 21.7. The van der Waals surface area contributed by atoms with Crippen LogP contribution < -0.4 is 24.8 Å². The Kier molecular flexibility index (Phi) is 11.8. The number of likely N-dealkylation sites (N-methyl/N-ethyl adjacent to an activating group) is 2. The van der Waals surface area contributed by atoms with Crippen LogP contribution in [0.3, 0.4) is 0 Å². The van der Waals surface area contributed by atoms with Gasteiger partial charge in [-0.25, -0.2) is 0 Å². The van der Waals surface area contributed by atoms with Gasteiger partial charge in [0.15, 0.2) is 0 Å². The Bertz CT molecular complexity index is 895. The van der Waals surface area contributed by atoms with Crippen LogP contribution in [0, 0.1) is 0 Å². The number of rotatable bonds is 10. The maximum Gasteiger partial charge on any atom is 0.104 e. The monoisotopic (exact) mass is 500 g/mol. The molecule has 3 aromatic carbocycles. The van der Waals surface area contributed by atoms with E-state index < -0.39 is 0 Å². The Morgan fingerprint density at radius 2 is 0.882 bits per heavy atom. The molecule has 4 heteroatoms. The molecule has 2 nitrogen and oxygen atoms in total. The van der Waals surface area contributed by atoms with Crippen LogP contribution in [0.15, 0.2) is 84.9 Å². The lowest BCUT2D eigenvalue weighted by molar-refractivity contribution is -0.904. The first-order valence-corrected chi connectivity index (χ1v) is 12.0. The predicted molar refractivity (Wildman–Crippen MR) is 138 cm³/mol. The van der Waals surface area contributed by atoms with Crippen LogP contribution >= 0.6 is 0 Å². The van der Waals surface area contributed by atoms with Gasteiger partial charge in [-0.15, -0.1) is 0 Å². The Balaban J connectivity index is 0.00000289. The SMILES string of the molecule is CC(C[N+](C)(C)Cc1ccccc1)c1cccc(C(C)C[N+](C)(C)Cc2ccccc2)c1.[Cl-].[Cl-]. The summed E-state index contributed by atoms with van der Waals surface area (Å²) in [5.74, 6) is 1.04. The number of quaternary nitrogens is 2. The normalized spacial score (nSPS) is 13.4. The minimum absolute atomic E-state index is 0. The lowest BCUT2D eigenvalue weighted by Crippen LogP contribution is -3.00. The number of nitrogens with zero attached hydrogens (tertiary/aromatic N) is 2. The quantitative estimate of drug-likeness (QED) is 0.354. The van der Waals surface area contributed by atoms with Crippen molar-refractivity contribution in [2.45, 2.75) is 38.8 Å². The first-order valence-electron chi connectivity index (χ1n) is 12.0. The summed E-state index contributed by atoms with van der Waals surface area (Å²) in [6, 6.07) is 31.0. The van der Waals surface area contributed by atoms with E-state index in [0.29, 0.717) is 11.8 Å². The number of hydrogen-bond acceptors (Lipinski definition) is 0. The van der Waals surface area contributed by atoms with Gasteiger partial charge < -0.3 is 33.8 Å². The van der Waals surface area contributed by atoms with Gasteiger partial charge >= 0.3 is 0 Å². The predicted octanol–water partition coefficient (Wildman–Crippen LogP) is 0.455. The van der Waals surface area contributed by atoms with Gasteiger partial charge in [-0.05, 0) is 11.1 Å². The average molecular weight is 502 g/mol. The molecule has 0 saturated carbocycles. The Morgan fingerprint density at radius 3 is 1.24 bits per heavy atom. The molecule has 0 N–H and O–H groups in total. The Hall–Kier alpha value is -1.84. The fourth-order valence-electron chi connectivity index (χ4n) is 5.15. The van der Waals surface area contributed by atoms with E-state index >= 15 is 0 Å². The highest BCUT2D eigenvalue weighted by molar-refractivity contribution is 5.28. The van der Waals surface area contributed by atoms with E-state index in [1.807, 2.05) is 0 Å². The first-order chi connectivity index (χ1) is 15.1. The molecule has 0 spiro atoms. The second-order valence-electron chi connectivity index (χ2n) is 11.0. The Morgan fingerprint density at radius 1 is 0.529 bits per heavy atom. The van der Waals surface area contributed by atoms with E-state index in [9.17, 15) is 0 Å². The highest BCUT2D eigenvalue weighted by Gasteiger charge is 2.24. The maximum absolute atomic E-state index is 2.46. The van der Waals surface area contributed by atoms with Crippen LogP contribution in [0.2, 0.25) is 0 Å². The van der Waals surface area contributed by atoms with Crippen LogP contribution in [0.5, 0.6) is 0 Å². The summed E-state index contributed by atoms with van der Waals surface area (Å²) in [6.45, 7) is 9.14. The van der Waals surface area contributed by atoms with Gasteiger partial charge in [-0.1, -0.05) is 98.8 Å². The van der Waals surface area contributed by atoms with E-state index in [-0.39, 0.29) is 24.8 Å². The molecule has 0 aromatic heterocycles. The lowest BCUT2D eigenvalue weighted by atomic mass is 9.92. The van der Waals surface area contributed by atoms with Crippen molar-refractivity contribution in [2.75, 3.05) is 41.3 Å². The third-order valence-corrected chi connectivity index (χ3v) is 6.49. The summed E-state index contributed by atoms with van der Waals surface area (Å²) >= 11 is 0. The third-order valence-electron chi connectivity index (χ3n) is 6.49. The highest BCUT2D eigenvalue weighted by atomic mass is 35.5. The molecule has 186 valence electrons. The van der Waals surface area contributed by atoms with E-state index in [0.717, 1.165) is 35.1 Å². The molecule has 0 amide bonds. The molecule has 34 heavy (non-hydrogen) atoms. The largest absolute Gasteiger partial charge is 1.00 e. The fraction of sp³-hybridized carbons (Fsp3) is 0.400. The molecule has 0 saturated heterocycles. The summed E-state index contributed by atoms with van der Waals surface area (Å²) in [7, 11) is 9.39. The molecule has 0 aliphatic heterocycles. The molecular formula is C30H42Cl2N2. The summed E-state index contributed by atoms with van der Waals surface area (Å²) in [5.41, 5.74) is 5.74. The van der Waals surface area contributed by atoms with Gasteiger partial charge in [0.05, 0.1) is 41.3 Å². The molecule has 0 fully saturated rings. The van der Waals surface area contributed by atoms with Crippen LogP contribution in [0.25, 0.3) is 0 Å². The minimum Gasteiger partial charge on any atom is -1.00 e. The van der Waals surface area contributed by atoms with Crippen molar-refractivity contribution in [1.29, 1.82) is 0 Å². The van der Waals surface area contributed by atoms with Crippen molar-refractivity contribution in [3.05, 3.63) is 107 Å². The molecule has 0 heterocycles. The summed E-state index contributed by atoms with van der Waals surface area (Å²) < 4.78 is 1.98. The summed E-state index contributed by atoms with van der Waals surface area (Å²) in [4.78, 5) is 0. The van der Waals surface area contributed by atoms with Crippen molar-refractivity contribution in [2.24, 2.45) is 0 Å². The second-order valence-corrected chi connectivity index (χ2v) is 11.0. The fourth-order valence-corrected chi connectivity index (χ4v) is 5.15. The van der Waals surface area contributed by atoms with Crippen molar-refractivity contribution in [1.82, 2.24) is 0 Å². The third kappa shape index (κ3) is 9.43. The van der Waals surface area contributed by atoms with Crippen molar-refractivity contribution >= 4 is 0 Å². The molecule has 2 atom stereocenters. The molecule has 0 aliphatic carbocycles. The van der Waals surface area contributed by atoms with Gasteiger partial charge in [-0.3, -0.25) is 0 Å². The van der Waals surface area contributed by atoms with Crippen molar-refractivity contribution in [3.8, 4) is 0 Å². The summed E-state index contributed by atoms with van der Waals surface area (Å²) in [5, 5.41) is 0. The highest BCUT2D eigenvalue weighted by Crippen LogP contribution is 2.26. The smallest absolute Gasteiger partial charge is 0.104 e. The number of halogens is 2. The van der Waals surface area contributed by atoms with Crippen molar-refractivity contribution in [3.63, 3.8) is 0 Å². The van der Waals surface area contributed by atoms with Gasteiger partial charge in [0, 0.05) is 23.0 Å². The standard InChI is InChI=1S/C30H42N2.2ClH/c1-25(21-31(3,4)23-27-14-9-7-10-15-27)29-18-13-19-30(20-29)26(2)22-32(5,6)24-28-16-11-8-12-17-28;;/h7-20,25-26H,21-24H2,1-6H3;2*1H/q+2;;/p-2. The van der Waals surface area contributed by atoms with Crippen LogP contribution in [0.1, 0.15) is 47.9 Å². The zero-order chi connectivity index (χ0) is 23.2. The first kappa shape index (κ1) is 30.2. The summed E-state index contributed by atoms with van der Waals surface area (Å²) in [6.07, 6.45) is 0. The molecular weight excluding hydrogens is 459 g/mol. The molecule has 2 unspecified atom stereocenters. The van der Waals surface area contributed by atoms with Crippen molar-refractivity contribution < 1.29 is 33.8 Å². The number of hydrogen-bond donors (Lipinski definition) is 0. The van der Waals surface area contributed by atoms with Crippen LogP contribution in [-0.2, 0) is 13.1 Å². The second kappa shape index (κ2) is 13.3. The van der Waals surface area contributed by atoms with E-state index in [1.165, 1.54) is 22.3 Å². The van der Waals surface area contributed by atoms with Gasteiger partial charge in [-0.2, -0.15) is 0 Å². The van der Waals surface area contributed by atoms with E-state index in [1.54, 1.807) is 0 Å². The maximum atomic E-state index is 2.46. The number of benzene rings is 3. The Labute approximate surface area is 220 Å². The minimum atomic E-state index is 0. The van der Waals surface area contributed by atoms with Gasteiger partial charge in [0.1, 0.15) is 13.1 Å². The van der Waals surface area contributed by atoms with Gasteiger partial charge in [0.2, 0.25) is 0 Å². The molecule has 0 aliphatic rings. The van der Waals surface area contributed by atoms with Crippen LogP contribution in [-0.4, -0.2) is 50.2 Å². The molecule has 0 radical (unpaired) electrons. The van der Waals surface area contributed by atoms with E-state index in [2.05, 4.69) is 127 Å².